The number of hydrogen-bond acceptors (Lipinski definition) is 8. The fraction of sp³-hybridized carbons (Fsp3) is 0.364. The molecule has 0 unspecified atom stereocenters. The number of hydrogen-bond donors (Lipinski definition) is 1. The van der Waals surface area contributed by atoms with Crippen molar-refractivity contribution in [3.8, 4) is 0 Å². The minimum atomic E-state index is 0.545. The molecule has 1 aliphatic carbocycles. The Bertz CT molecular complexity index is 1020. The maximum Gasteiger partial charge on any atom is 0.234 e. The summed E-state index contributed by atoms with van der Waals surface area (Å²) in [5.41, 5.74) is 1.11. The maximum atomic E-state index is 4.72. The molecule has 1 aromatic carbocycles. The molecule has 0 amide bonds. The molecule has 3 heterocycles. The fourth-order valence-electron chi connectivity index (χ4n) is 3.39. The van der Waals surface area contributed by atoms with Crippen LogP contribution in [-0.2, 0) is 0 Å². The molecule has 2 fully saturated rings. The highest BCUT2D eigenvalue weighted by Gasteiger charge is 2.26. The highest BCUT2D eigenvalue weighted by Crippen LogP contribution is 2.43. The minimum absolute atomic E-state index is 0.545. The van der Waals surface area contributed by atoms with Gasteiger partial charge in [-0.25, -0.2) is 4.98 Å². The van der Waals surface area contributed by atoms with Crippen molar-refractivity contribution < 1.29 is 0 Å². The summed E-state index contributed by atoms with van der Waals surface area (Å²) in [6, 6.07) is 10.2. The van der Waals surface area contributed by atoms with Gasteiger partial charge < -0.3 is 9.80 Å². The Kier molecular flexibility index (Phi) is 5.42. The molecule has 0 atom stereocenters. The van der Waals surface area contributed by atoms with Crippen molar-refractivity contribution in [1.29, 1.82) is 0 Å². The van der Waals surface area contributed by atoms with Crippen molar-refractivity contribution in [1.82, 2.24) is 24.8 Å². The second-order valence-electron chi connectivity index (χ2n) is 7.82. The van der Waals surface area contributed by atoms with Gasteiger partial charge in [0.25, 0.3) is 0 Å². The van der Waals surface area contributed by atoms with Crippen molar-refractivity contribution in [2.45, 2.75) is 18.8 Å². The third kappa shape index (κ3) is 4.66. The summed E-state index contributed by atoms with van der Waals surface area (Å²) in [4.78, 5) is 24.5. The monoisotopic (exact) mass is 419 g/mol. The summed E-state index contributed by atoms with van der Waals surface area (Å²) < 4.78 is 0. The number of nitrogens with one attached hydrogen (secondary N) is 1. The third-order valence-electron chi connectivity index (χ3n) is 5.37. The number of nitrogens with zero attached hydrogens (tertiary/aromatic N) is 6. The number of thiazole rings is 1. The molecule has 5 rings (SSSR count). The van der Waals surface area contributed by atoms with Gasteiger partial charge in [0.2, 0.25) is 11.9 Å². The molecule has 1 N–H and O–H groups in total. The van der Waals surface area contributed by atoms with E-state index in [4.69, 9.17) is 9.97 Å². The van der Waals surface area contributed by atoms with Crippen LogP contribution < -0.4 is 10.2 Å². The molecule has 154 valence electrons. The molecule has 2 aliphatic rings. The summed E-state index contributed by atoms with van der Waals surface area (Å²) in [6.45, 7) is 3.82. The number of aromatic nitrogens is 4. The Morgan fingerprint density at radius 2 is 1.80 bits per heavy atom. The molecule has 1 aliphatic heterocycles. The highest BCUT2D eigenvalue weighted by atomic mass is 32.1. The lowest BCUT2D eigenvalue weighted by molar-refractivity contribution is 0.311. The van der Waals surface area contributed by atoms with Gasteiger partial charge in [-0.1, -0.05) is 36.4 Å². The van der Waals surface area contributed by atoms with E-state index in [1.807, 2.05) is 36.5 Å². The zero-order valence-electron chi connectivity index (χ0n) is 17.0. The van der Waals surface area contributed by atoms with E-state index >= 15 is 0 Å². The normalized spacial score (nSPS) is 17.6. The van der Waals surface area contributed by atoms with Crippen LogP contribution in [0.4, 0.5) is 17.0 Å². The van der Waals surface area contributed by atoms with Crippen molar-refractivity contribution in [2.24, 2.45) is 0 Å². The standard InChI is InChI=1S/C22H25N7S/c1-28-11-13-29(14-12-28)21-25-19(10-7-16-5-3-2-4-6-16)24-20(26-21)27-22-23-15-18(30-22)17-8-9-17/h2-7,10,15,17H,8-9,11-14H2,1H3,(H,23,24,25,26,27). The van der Waals surface area contributed by atoms with Gasteiger partial charge >= 0.3 is 0 Å². The molecule has 30 heavy (non-hydrogen) atoms. The molecule has 7 nitrogen and oxygen atoms in total. The van der Waals surface area contributed by atoms with Gasteiger partial charge in [0.05, 0.1) is 0 Å². The molecule has 2 aromatic heterocycles. The fourth-order valence-corrected chi connectivity index (χ4v) is 4.37. The predicted molar refractivity (Wildman–Crippen MR) is 122 cm³/mol. The van der Waals surface area contributed by atoms with Crippen LogP contribution in [0, 0.1) is 0 Å². The van der Waals surface area contributed by atoms with Gasteiger partial charge in [0.15, 0.2) is 11.0 Å². The van der Waals surface area contributed by atoms with Crippen molar-refractivity contribution in [2.75, 3.05) is 43.4 Å². The van der Waals surface area contributed by atoms with E-state index in [0.717, 1.165) is 36.9 Å². The molecule has 0 radical (unpaired) electrons. The molecule has 1 saturated heterocycles. The van der Waals surface area contributed by atoms with Crippen molar-refractivity contribution in [3.63, 3.8) is 0 Å². The predicted octanol–water partition coefficient (Wildman–Crippen LogP) is 3.87. The van der Waals surface area contributed by atoms with E-state index in [1.165, 1.54) is 17.7 Å². The van der Waals surface area contributed by atoms with E-state index in [-0.39, 0.29) is 0 Å². The zero-order chi connectivity index (χ0) is 20.3. The SMILES string of the molecule is CN1CCN(c2nc(C=Cc3ccccc3)nc(Nc3ncc(C4CC4)s3)n2)CC1. The lowest BCUT2D eigenvalue weighted by Gasteiger charge is -2.32. The second kappa shape index (κ2) is 8.49. The van der Waals surface area contributed by atoms with Crippen LogP contribution >= 0.6 is 11.3 Å². The Morgan fingerprint density at radius 3 is 2.57 bits per heavy atom. The van der Waals surface area contributed by atoms with Crippen LogP contribution in [0.3, 0.4) is 0 Å². The van der Waals surface area contributed by atoms with Crippen LogP contribution in [0.5, 0.6) is 0 Å². The van der Waals surface area contributed by atoms with Gasteiger partial charge in [-0.15, -0.1) is 11.3 Å². The van der Waals surface area contributed by atoms with Crippen LogP contribution in [-0.4, -0.2) is 58.1 Å². The number of piperazine rings is 1. The summed E-state index contributed by atoms with van der Waals surface area (Å²) >= 11 is 1.70. The smallest absolute Gasteiger partial charge is 0.234 e. The average Bonchev–Trinajstić information content (AvgIpc) is 3.52. The minimum Gasteiger partial charge on any atom is -0.338 e. The van der Waals surface area contributed by atoms with Crippen LogP contribution in [0.25, 0.3) is 12.2 Å². The highest BCUT2D eigenvalue weighted by molar-refractivity contribution is 7.15. The topological polar surface area (TPSA) is 70.1 Å². The van der Waals surface area contributed by atoms with E-state index in [0.29, 0.717) is 23.6 Å². The van der Waals surface area contributed by atoms with E-state index < -0.39 is 0 Å². The van der Waals surface area contributed by atoms with Gasteiger partial charge in [0, 0.05) is 37.3 Å². The molecule has 0 spiro atoms. The van der Waals surface area contributed by atoms with Gasteiger partial charge in [-0.05, 0) is 37.4 Å². The van der Waals surface area contributed by atoms with Gasteiger partial charge in [0.1, 0.15) is 0 Å². The summed E-state index contributed by atoms with van der Waals surface area (Å²) in [7, 11) is 2.14. The zero-order valence-corrected chi connectivity index (χ0v) is 17.8. The third-order valence-corrected chi connectivity index (χ3v) is 6.45. The number of likely N-dealkylation sites (N-methyl/N-ethyl adjacent to an activating group) is 1. The summed E-state index contributed by atoms with van der Waals surface area (Å²) in [5.74, 6) is 2.60. The lowest BCUT2D eigenvalue weighted by Crippen LogP contribution is -2.45. The maximum absolute atomic E-state index is 4.72. The molecule has 8 heteroatoms. The van der Waals surface area contributed by atoms with Gasteiger partial charge in [-0.3, -0.25) is 5.32 Å². The first kappa shape index (κ1) is 19.1. The molecular weight excluding hydrogens is 394 g/mol. The first-order valence-corrected chi connectivity index (χ1v) is 11.2. The van der Waals surface area contributed by atoms with E-state index in [1.54, 1.807) is 11.3 Å². The molecule has 1 saturated carbocycles. The van der Waals surface area contributed by atoms with Crippen LogP contribution in [0.15, 0.2) is 36.5 Å². The van der Waals surface area contributed by atoms with Crippen molar-refractivity contribution in [3.05, 3.63) is 52.8 Å². The Morgan fingerprint density at radius 1 is 1.00 bits per heavy atom. The first-order chi connectivity index (χ1) is 14.7. The van der Waals surface area contributed by atoms with E-state index in [9.17, 15) is 0 Å². The Hall–Kier alpha value is -2.84. The quantitative estimate of drug-likeness (QED) is 0.650. The number of rotatable bonds is 6. The van der Waals surface area contributed by atoms with E-state index in [2.05, 4.69) is 44.3 Å². The summed E-state index contributed by atoms with van der Waals surface area (Å²) in [6.07, 6.45) is 8.49. The lowest BCUT2D eigenvalue weighted by atomic mass is 10.2. The summed E-state index contributed by atoms with van der Waals surface area (Å²) in [5, 5.41) is 4.15. The average molecular weight is 420 g/mol. The molecule has 3 aromatic rings. The Labute approximate surface area is 180 Å². The molecule has 0 bridgehead atoms. The number of anilines is 3. The van der Waals surface area contributed by atoms with Crippen molar-refractivity contribution >= 4 is 40.5 Å². The first-order valence-electron chi connectivity index (χ1n) is 10.4. The van der Waals surface area contributed by atoms with Gasteiger partial charge in [-0.2, -0.15) is 15.0 Å². The second-order valence-corrected chi connectivity index (χ2v) is 8.88. The Balaban J connectivity index is 1.42. The molecular formula is C22H25N7S. The largest absolute Gasteiger partial charge is 0.338 e. The van der Waals surface area contributed by atoms with Crippen LogP contribution in [0.1, 0.15) is 35.0 Å². The van der Waals surface area contributed by atoms with Crippen LogP contribution in [0.2, 0.25) is 0 Å². The number of benzene rings is 1.